The summed E-state index contributed by atoms with van der Waals surface area (Å²) >= 11 is 0. The van der Waals surface area contributed by atoms with Crippen molar-refractivity contribution in [3.8, 4) is 5.82 Å². The third-order valence-corrected chi connectivity index (χ3v) is 9.56. The molecular weight excluding hydrogens is 566 g/mol. The third kappa shape index (κ3) is 6.73. The fourth-order valence-electron chi connectivity index (χ4n) is 5.28. The molecule has 3 N–H and O–H groups in total. The van der Waals surface area contributed by atoms with Gasteiger partial charge in [0.15, 0.2) is 11.5 Å². The predicted octanol–water partition coefficient (Wildman–Crippen LogP) is 4.44. The van der Waals surface area contributed by atoms with E-state index in [1.165, 1.54) is 4.90 Å². The standard InChI is InChI=1S/C30H41N7O5Si/c1-30(2,18-38)33-28(39)22-17-36(19-42-14-15-43(3,4)5)27-26(22)32-24(16-31-27)37-23-9-7-6-8-21(23)25(34-37)20-10-12-35(13-11-20)29(40)41/h6-9,16-17,20,38H,10-15,18-19H2,1-5H3,(H,33,39)(H,40,41). The zero-order chi connectivity index (χ0) is 30.9. The number of carboxylic acid groups (broad SMARTS) is 1. The van der Waals surface area contributed by atoms with Crippen LogP contribution in [-0.4, -0.2) is 91.3 Å². The van der Waals surface area contributed by atoms with E-state index in [4.69, 9.17) is 19.8 Å². The first-order valence-electron chi connectivity index (χ1n) is 14.7. The fourth-order valence-corrected chi connectivity index (χ4v) is 6.03. The number of fused-ring (bicyclic) bond motifs is 2. The summed E-state index contributed by atoms with van der Waals surface area (Å²) in [5, 5.41) is 28.0. The van der Waals surface area contributed by atoms with Crippen LogP contribution < -0.4 is 5.32 Å². The van der Waals surface area contributed by atoms with Crippen molar-refractivity contribution in [2.24, 2.45) is 0 Å². The molecule has 4 aromatic rings. The highest BCUT2D eigenvalue weighted by Gasteiger charge is 2.29. The molecule has 1 aromatic carbocycles. The first-order valence-corrected chi connectivity index (χ1v) is 18.4. The fraction of sp³-hybridized carbons (Fsp3) is 0.500. The van der Waals surface area contributed by atoms with Gasteiger partial charge < -0.3 is 29.7 Å². The van der Waals surface area contributed by atoms with Crippen LogP contribution in [0.15, 0.2) is 36.7 Å². The Balaban J connectivity index is 1.53. The number of nitrogens with one attached hydrogen (secondary N) is 1. The Hall–Kier alpha value is -3.81. The SMILES string of the molecule is CC(C)(CO)NC(=O)c1cn(COCC[Si](C)(C)C)c2ncc(-n3nc(C4CCN(C(=O)O)CC4)c4ccccc43)nc12. The number of ether oxygens (including phenoxy) is 1. The average molecular weight is 608 g/mol. The number of aromatic nitrogens is 5. The van der Waals surface area contributed by atoms with Crippen molar-refractivity contribution in [3.63, 3.8) is 0 Å². The zero-order valence-corrected chi connectivity index (χ0v) is 26.5. The predicted molar refractivity (Wildman–Crippen MR) is 166 cm³/mol. The Bertz CT molecular complexity index is 1630. The van der Waals surface area contributed by atoms with Crippen molar-refractivity contribution >= 4 is 42.1 Å². The largest absolute Gasteiger partial charge is 0.465 e. The van der Waals surface area contributed by atoms with Crippen molar-refractivity contribution in [1.82, 2.24) is 34.5 Å². The van der Waals surface area contributed by atoms with Gasteiger partial charge in [-0.2, -0.15) is 5.10 Å². The van der Waals surface area contributed by atoms with Crippen molar-refractivity contribution in [2.75, 3.05) is 26.3 Å². The van der Waals surface area contributed by atoms with E-state index in [1.807, 2.05) is 24.3 Å². The van der Waals surface area contributed by atoms with Crippen LogP contribution in [0, 0.1) is 0 Å². The number of aliphatic hydroxyl groups is 1. The summed E-state index contributed by atoms with van der Waals surface area (Å²) in [6.07, 6.45) is 3.83. The van der Waals surface area contributed by atoms with Crippen LogP contribution in [0.3, 0.4) is 0 Å². The smallest absolute Gasteiger partial charge is 0.407 e. The van der Waals surface area contributed by atoms with Gasteiger partial charge in [-0.15, -0.1) is 0 Å². The number of benzene rings is 1. The summed E-state index contributed by atoms with van der Waals surface area (Å²) in [6, 6.07) is 8.91. The molecule has 5 rings (SSSR count). The molecular formula is C30H41N7O5Si. The summed E-state index contributed by atoms with van der Waals surface area (Å²) < 4.78 is 9.53. The van der Waals surface area contributed by atoms with E-state index in [1.54, 1.807) is 35.5 Å². The second kappa shape index (κ2) is 12.1. The van der Waals surface area contributed by atoms with Crippen LogP contribution >= 0.6 is 0 Å². The number of aliphatic hydroxyl groups excluding tert-OH is 1. The Morgan fingerprint density at radius 2 is 1.88 bits per heavy atom. The Labute approximate surface area is 251 Å². The van der Waals surface area contributed by atoms with Gasteiger partial charge in [-0.3, -0.25) is 4.79 Å². The second-order valence-corrected chi connectivity index (χ2v) is 18.7. The minimum absolute atomic E-state index is 0.106. The molecule has 1 aliphatic heterocycles. The van der Waals surface area contributed by atoms with E-state index in [2.05, 4.69) is 25.0 Å². The summed E-state index contributed by atoms with van der Waals surface area (Å²) in [5.74, 6) is 0.202. The lowest BCUT2D eigenvalue weighted by Gasteiger charge is -2.29. The number of carbonyl (C=O) groups excluding carboxylic acids is 1. The number of nitrogens with zero attached hydrogens (tertiary/aromatic N) is 6. The molecule has 0 saturated carbocycles. The minimum atomic E-state index is -1.27. The van der Waals surface area contributed by atoms with Crippen LogP contribution in [-0.2, 0) is 11.5 Å². The molecule has 0 unspecified atom stereocenters. The van der Waals surface area contributed by atoms with Crippen molar-refractivity contribution in [2.45, 2.75) is 70.6 Å². The first kappa shape index (κ1) is 30.6. The molecule has 12 nitrogen and oxygen atoms in total. The number of amides is 2. The monoisotopic (exact) mass is 607 g/mol. The molecule has 1 aliphatic rings. The summed E-state index contributed by atoms with van der Waals surface area (Å²) in [7, 11) is -1.27. The maximum absolute atomic E-state index is 13.4. The maximum Gasteiger partial charge on any atom is 0.407 e. The van der Waals surface area contributed by atoms with E-state index >= 15 is 0 Å². The highest BCUT2D eigenvalue weighted by molar-refractivity contribution is 6.76. The third-order valence-electron chi connectivity index (χ3n) is 7.86. The quantitative estimate of drug-likeness (QED) is 0.177. The summed E-state index contributed by atoms with van der Waals surface area (Å²) in [5.41, 5.74) is 2.19. The maximum atomic E-state index is 13.4. The molecule has 43 heavy (non-hydrogen) atoms. The van der Waals surface area contributed by atoms with Gasteiger partial charge in [0, 0.05) is 45.3 Å². The molecule has 0 bridgehead atoms. The highest BCUT2D eigenvalue weighted by atomic mass is 28.3. The molecule has 4 heterocycles. The summed E-state index contributed by atoms with van der Waals surface area (Å²) in [6.45, 7) is 11.9. The molecule has 0 aliphatic carbocycles. The lowest BCUT2D eigenvalue weighted by Crippen LogP contribution is -2.46. The van der Waals surface area contributed by atoms with E-state index in [0.29, 0.717) is 55.1 Å². The van der Waals surface area contributed by atoms with Crippen molar-refractivity contribution in [1.29, 1.82) is 0 Å². The molecule has 230 valence electrons. The van der Waals surface area contributed by atoms with Crippen LogP contribution in [0.4, 0.5) is 4.79 Å². The lowest BCUT2D eigenvalue weighted by atomic mass is 9.92. The molecule has 0 atom stereocenters. The Kier molecular flexibility index (Phi) is 8.59. The molecule has 1 saturated heterocycles. The number of hydrogen-bond donors (Lipinski definition) is 3. The molecule has 3 aromatic heterocycles. The highest BCUT2D eigenvalue weighted by Crippen LogP contribution is 2.33. The minimum Gasteiger partial charge on any atom is -0.465 e. The molecule has 13 heteroatoms. The lowest BCUT2D eigenvalue weighted by molar-refractivity contribution is 0.0859. The number of para-hydroxylation sites is 1. The van der Waals surface area contributed by atoms with Gasteiger partial charge in [-0.1, -0.05) is 37.8 Å². The van der Waals surface area contributed by atoms with Gasteiger partial charge in [0.05, 0.1) is 35.1 Å². The number of hydrogen-bond acceptors (Lipinski definition) is 7. The van der Waals surface area contributed by atoms with Crippen LogP contribution in [0.5, 0.6) is 0 Å². The number of carbonyl (C=O) groups is 2. The van der Waals surface area contributed by atoms with Crippen LogP contribution in [0.25, 0.3) is 27.9 Å². The topological polar surface area (TPSA) is 148 Å². The van der Waals surface area contributed by atoms with E-state index < -0.39 is 19.7 Å². The average Bonchev–Trinajstić information content (AvgIpc) is 3.53. The molecule has 0 spiro atoms. The van der Waals surface area contributed by atoms with E-state index in [9.17, 15) is 19.8 Å². The van der Waals surface area contributed by atoms with Gasteiger partial charge in [0.25, 0.3) is 5.91 Å². The summed E-state index contributed by atoms with van der Waals surface area (Å²) in [4.78, 5) is 36.0. The van der Waals surface area contributed by atoms with Crippen LogP contribution in [0.2, 0.25) is 25.7 Å². The molecule has 0 radical (unpaired) electrons. The van der Waals surface area contributed by atoms with Crippen LogP contribution in [0.1, 0.15) is 48.7 Å². The van der Waals surface area contributed by atoms with Crippen molar-refractivity contribution < 1.29 is 24.5 Å². The Morgan fingerprint density at radius 3 is 2.56 bits per heavy atom. The number of likely N-dealkylation sites (tertiary alicyclic amines) is 1. The van der Waals surface area contributed by atoms with E-state index in [0.717, 1.165) is 22.6 Å². The first-order chi connectivity index (χ1) is 20.4. The van der Waals surface area contributed by atoms with Gasteiger partial charge in [-0.25, -0.2) is 19.4 Å². The van der Waals surface area contributed by atoms with Crippen molar-refractivity contribution in [3.05, 3.63) is 47.9 Å². The number of rotatable bonds is 10. The normalized spacial score (nSPS) is 15.0. The van der Waals surface area contributed by atoms with E-state index in [-0.39, 0.29) is 25.2 Å². The van der Waals surface area contributed by atoms with Gasteiger partial charge in [0.2, 0.25) is 0 Å². The van der Waals surface area contributed by atoms with Gasteiger partial charge in [-0.05, 0) is 38.8 Å². The zero-order valence-electron chi connectivity index (χ0n) is 25.5. The Morgan fingerprint density at radius 1 is 1.16 bits per heavy atom. The molecule has 2 amide bonds. The van der Waals surface area contributed by atoms with Gasteiger partial charge in [0.1, 0.15) is 12.2 Å². The number of piperidine rings is 1. The second-order valence-electron chi connectivity index (χ2n) is 13.1. The molecule has 1 fully saturated rings. The van der Waals surface area contributed by atoms with Gasteiger partial charge >= 0.3 is 6.09 Å².